The molecule has 0 amide bonds. The molecule has 15 heavy (non-hydrogen) atoms. The molecule has 84 valence electrons. The molecule has 0 bridgehead atoms. The van der Waals surface area contributed by atoms with Gasteiger partial charge in [0.2, 0.25) is 0 Å². The molecule has 1 N–H and O–H groups in total. The first kappa shape index (κ1) is 12.4. The first-order valence-electron chi connectivity index (χ1n) is 5.11. The van der Waals surface area contributed by atoms with E-state index < -0.39 is 0 Å². The lowest BCUT2D eigenvalue weighted by molar-refractivity contribution is 0.301. The number of aliphatic hydroxyl groups excluding tert-OH is 1. The zero-order chi connectivity index (χ0) is 11.1. The van der Waals surface area contributed by atoms with Crippen LogP contribution < -0.4 is 4.90 Å². The molecule has 0 radical (unpaired) electrons. The molecule has 1 aromatic heterocycles. The van der Waals surface area contributed by atoms with Gasteiger partial charge in [-0.3, -0.25) is 0 Å². The summed E-state index contributed by atoms with van der Waals surface area (Å²) < 4.78 is 0.870. The van der Waals surface area contributed by atoms with Gasteiger partial charge in [-0.2, -0.15) is 0 Å². The van der Waals surface area contributed by atoms with Gasteiger partial charge in [-0.1, -0.05) is 13.3 Å². The van der Waals surface area contributed by atoms with Crippen molar-refractivity contribution in [2.45, 2.75) is 19.8 Å². The van der Waals surface area contributed by atoms with Crippen LogP contribution in [0.25, 0.3) is 0 Å². The van der Waals surface area contributed by atoms with E-state index >= 15 is 0 Å². The van der Waals surface area contributed by atoms with Crippen LogP contribution in [0.1, 0.15) is 19.8 Å². The Labute approximate surface area is 98.5 Å². The molecule has 0 aliphatic rings. The lowest BCUT2D eigenvalue weighted by Crippen LogP contribution is -2.28. The largest absolute Gasteiger partial charge is 0.395 e. The van der Waals surface area contributed by atoms with Gasteiger partial charge in [0.05, 0.1) is 11.1 Å². The third kappa shape index (κ3) is 3.76. The van der Waals surface area contributed by atoms with Gasteiger partial charge < -0.3 is 10.0 Å². The molecule has 0 aliphatic heterocycles. The first-order chi connectivity index (χ1) is 7.29. The summed E-state index contributed by atoms with van der Waals surface area (Å²) in [7, 11) is 0. The monoisotopic (exact) mass is 273 g/mol. The number of aromatic nitrogens is 2. The quantitative estimate of drug-likeness (QED) is 0.860. The lowest BCUT2D eigenvalue weighted by Gasteiger charge is -2.23. The smallest absolute Gasteiger partial charge is 0.146 e. The van der Waals surface area contributed by atoms with E-state index in [1.54, 1.807) is 6.20 Å². The van der Waals surface area contributed by atoms with Crippen LogP contribution in [0.4, 0.5) is 5.82 Å². The van der Waals surface area contributed by atoms with Crippen LogP contribution in [0.15, 0.2) is 17.0 Å². The van der Waals surface area contributed by atoms with Gasteiger partial charge in [0.25, 0.3) is 0 Å². The third-order valence-electron chi connectivity index (χ3n) is 2.10. The summed E-state index contributed by atoms with van der Waals surface area (Å²) in [5.41, 5.74) is 0. The summed E-state index contributed by atoms with van der Waals surface area (Å²) >= 11 is 3.41. The Bertz CT molecular complexity index is 296. The average molecular weight is 274 g/mol. The van der Waals surface area contributed by atoms with Gasteiger partial charge >= 0.3 is 0 Å². The average Bonchev–Trinajstić information content (AvgIpc) is 2.25. The molecular formula is C10H16BrN3O. The van der Waals surface area contributed by atoms with Crippen LogP contribution in [0.3, 0.4) is 0 Å². The van der Waals surface area contributed by atoms with Crippen molar-refractivity contribution in [3.8, 4) is 0 Å². The Morgan fingerprint density at radius 3 is 2.87 bits per heavy atom. The normalized spacial score (nSPS) is 10.3. The van der Waals surface area contributed by atoms with Crippen LogP contribution in [0.5, 0.6) is 0 Å². The van der Waals surface area contributed by atoms with E-state index in [0.29, 0.717) is 6.54 Å². The number of aliphatic hydroxyl groups is 1. The van der Waals surface area contributed by atoms with Crippen molar-refractivity contribution >= 4 is 21.7 Å². The number of halogens is 1. The van der Waals surface area contributed by atoms with E-state index in [1.165, 1.54) is 6.33 Å². The number of nitrogens with zero attached hydrogens (tertiary/aromatic N) is 3. The van der Waals surface area contributed by atoms with Crippen molar-refractivity contribution in [1.82, 2.24) is 9.97 Å². The van der Waals surface area contributed by atoms with Crippen LogP contribution >= 0.6 is 15.9 Å². The molecule has 0 aromatic carbocycles. The molecule has 1 rings (SSSR count). The lowest BCUT2D eigenvalue weighted by atomic mass is 10.3. The topological polar surface area (TPSA) is 49.2 Å². The maximum absolute atomic E-state index is 8.99. The fourth-order valence-electron chi connectivity index (χ4n) is 1.33. The second-order valence-electron chi connectivity index (χ2n) is 3.26. The SMILES string of the molecule is CCCCN(CCO)c1ncncc1Br. The minimum Gasteiger partial charge on any atom is -0.395 e. The standard InChI is InChI=1S/C10H16BrN3O/c1-2-3-4-14(5-6-15)10-9(11)7-12-8-13-10/h7-8,15H,2-6H2,1H3. The summed E-state index contributed by atoms with van der Waals surface area (Å²) in [4.78, 5) is 10.2. The Morgan fingerprint density at radius 1 is 1.47 bits per heavy atom. The predicted molar refractivity (Wildman–Crippen MR) is 63.9 cm³/mol. The van der Waals surface area contributed by atoms with Gasteiger partial charge in [-0.15, -0.1) is 0 Å². The fourth-order valence-corrected chi connectivity index (χ4v) is 1.80. The van der Waals surface area contributed by atoms with Crippen molar-refractivity contribution in [3.05, 3.63) is 17.0 Å². The van der Waals surface area contributed by atoms with E-state index in [0.717, 1.165) is 29.7 Å². The highest BCUT2D eigenvalue weighted by molar-refractivity contribution is 9.10. The summed E-state index contributed by atoms with van der Waals surface area (Å²) in [5.74, 6) is 0.854. The number of anilines is 1. The molecule has 1 aromatic rings. The van der Waals surface area contributed by atoms with E-state index in [1.807, 2.05) is 0 Å². The Kier molecular flexibility index (Phi) is 5.57. The molecule has 0 unspecified atom stereocenters. The number of unbranched alkanes of at least 4 members (excludes halogenated alkanes) is 1. The molecule has 0 saturated carbocycles. The van der Waals surface area contributed by atoms with E-state index in [2.05, 4.69) is 37.7 Å². The number of hydrogen-bond donors (Lipinski definition) is 1. The van der Waals surface area contributed by atoms with Crippen LogP contribution in [0.2, 0.25) is 0 Å². The van der Waals surface area contributed by atoms with Crippen molar-refractivity contribution in [1.29, 1.82) is 0 Å². The summed E-state index contributed by atoms with van der Waals surface area (Å²) in [6.45, 7) is 3.80. The number of hydrogen-bond acceptors (Lipinski definition) is 4. The maximum Gasteiger partial charge on any atom is 0.146 e. The highest BCUT2D eigenvalue weighted by Gasteiger charge is 2.10. The van der Waals surface area contributed by atoms with E-state index in [4.69, 9.17) is 5.11 Å². The minimum absolute atomic E-state index is 0.139. The molecule has 0 aliphatic carbocycles. The first-order valence-corrected chi connectivity index (χ1v) is 5.90. The highest BCUT2D eigenvalue weighted by atomic mass is 79.9. The van der Waals surface area contributed by atoms with Gasteiger partial charge in [-0.05, 0) is 22.4 Å². The molecule has 1 heterocycles. The Hall–Kier alpha value is -0.680. The van der Waals surface area contributed by atoms with E-state index in [-0.39, 0.29) is 6.61 Å². The van der Waals surface area contributed by atoms with Crippen LogP contribution in [0, 0.1) is 0 Å². The number of rotatable bonds is 6. The molecule has 0 saturated heterocycles. The predicted octanol–water partition coefficient (Wildman–Crippen LogP) is 1.84. The Morgan fingerprint density at radius 2 is 2.27 bits per heavy atom. The zero-order valence-electron chi connectivity index (χ0n) is 8.86. The van der Waals surface area contributed by atoms with Gasteiger partial charge in [-0.25, -0.2) is 9.97 Å². The van der Waals surface area contributed by atoms with Crippen molar-refractivity contribution in [2.75, 3.05) is 24.6 Å². The minimum atomic E-state index is 0.139. The molecule has 0 fully saturated rings. The fraction of sp³-hybridized carbons (Fsp3) is 0.600. The van der Waals surface area contributed by atoms with Gasteiger partial charge in [0.1, 0.15) is 12.1 Å². The van der Waals surface area contributed by atoms with Crippen molar-refractivity contribution in [2.24, 2.45) is 0 Å². The summed E-state index contributed by atoms with van der Waals surface area (Å²) in [6, 6.07) is 0. The van der Waals surface area contributed by atoms with Crippen LogP contribution in [-0.2, 0) is 0 Å². The Balaban J connectivity index is 2.74. The van der Waals surface area contributed by atoms with Gasteiger partial charge in [0.15, 0.2) is 0 Å². The molecule has 5 heteroatoms. The molecular weight excluding hydrogens is 258 g/mol. The zero-order valence-corrected chi connectivity index (χ0v) is 10.4. The van der Waals surface area contributed by atoms with Gasteiger partial charge in [0, 0.05) is 19.3 Å². The second kappa shape index (κ2) is 6.74. The van der Waals surface area contributed by atoms with Crippen LogP contribution in [-0.4, -0.2) is 34.8 Å². The molecule has 0 atom stereocenters. The van der Waals surface area contributed by atoms with Crippen molar-refractivity contribution < 1.29 is 5.11 Å². The maximum atomic E-state index is 8.99. The van der Waals surface area contributed by atoms with E-state index in [9.17, 15) is 0 Å². The second-order valence-corrected chi connectivity index (χ2v) is 4.11. The highest BCUT2D eigenvalue weighted by Crippen LogP contribution is 2.21. The third-order valence-corrected chi connectivity index (χ3v) is 2.66. The van der Waals surface area contributed by atoms with Crippen molar-refractivity contribution in [3.63, 3.8) is 0 Å². The molecule has 0 spiro atoms. The molecule has 4 nitrogen and oxygen atoms in total. The summed E-state index contributed by atoms with van der Waals surface area (Å²) in [6.07, 6.45) is 5.47. The summed E-state index contributed by atoms with van der Waals surface area (Å²) in [5, 5.41) is 8.99.